The van der Waals surface area contributed by atoms with Gasteiger partial charge in [0.25, 0.3) is 5.91 Å². The Balaban J connectivity index is 2.07. The van der Waals surface area contributed by atoms with Gasteiger partial charge in [-0.1, -0.05) is 22.9 Å². The van der Waals surface area contributed by atoms with Crippen molar-refractivity contribution < 1.29 is 9.21 Å². The molecule has 0 aromatic carbocycles. The molecule has 0 aliphatic carbocycles. The SMILES string of the molecule is CCc1ccc(C(=O)N2CCC(Br)C2)o1. The van der Waals surface area contributed by atoms with E-state index in [4.69, 9.17) is 4.42 Å². The molecule has 1 atom stereocenters. The summed E-state index contributed by atoms with van der Waals surface area (Å²) < 4.78 is 5.44. The minimum atomic E-state index is 0.0108. The highest BCUT2D eigenvalue weighted by Crippen LogP contribution is 2.19. The molecule has 1 aliphatic rings. The summed E-state index contributed by atoms with van der Waals surface area (Å²) in [5.41, 5.74) is 0. The maximum absolute atomic E-state index is 11.9. The second kappa shape index (κ2) is 4.39. The van der Waals surface area contributed by atoms with Crippen LogP contribution in [0.2, 0.25) is 0 Å². The molecule has 0 bridgehead atoms. The summed E-state index contributed by atoms with van der Waals surface area (Å²) >= 11 is 3.51. The Labute approximate surface area is 97.6 Å². The molecule has 0 radical (unpaired) electrons. The first kappa shape index (κ1) is 10.7. The van der Waals surface area contributed by atoms with Gasteiger partial charge in [-0.2, -0.15) is 0 Å². The summed E-state index contributed by atoms with van der Waals surface area (Å²) in [6, 6.07) is 3.64. The number of nitrogens with zero attached hydrogens (tertiary/aromatic N) is 1. The Hall–Kier alpha value is -0.770. The summed E-state index contributed by atoms with van der Waals surface area (Å²) in [7, 11) is 0. The maximum atomic E-state index is 11.9. The number of carbonyl (C=O) groups is 1. The third-order valence-corrected chi connectivity index (χ3v) is 3.39. The molecule has 1 fully saturated rings. The van der Waals surface area contributed by atoms with Gasteiger partial charge >= 0.3 is 0 Å². The molecule has 0 N–H and O–H groups in total. The highest BCUT2D eigenvalue weighted by Gasteiger charge is 2.26. The van der Waals surface area contributed by atoms with Crippen LogP contribution >= 0.6 is 15.9 Å². The number of likely N-dealkylation sites (tertiary alicyclic amines) is 1. The van der Waals surface area contributed by atoms with Crippen LogP contribution in [0.4, 0.5) is 0 Å². The minimum absolute atomic E-state index is 0.0108. The van der Waals surface area contributed by atoms with Gasteiger partial charge in [-0.15, -0.1) is 0 Å². The van der Waals surface area contributed by atoms with Crippen LogP contribution in [0.1, 0.15) is 29.7 Å². The van der Waals surface area contributed by atoms with Crippen LogP contribution in [-0.4, -0.2) is 28.7 Å². The second-order valence-corrected chi connectivity index (χ2v) is 5.05. The maximum Gasteiger partial charge on any atom is 0.289 e. The Bertz CT molecular complexity index is 361. The number of hydrogen-bond donors (Lipinski definition) is 0. The normalized spacial score (nSPS) is 20.9. The average Bonchev–Trinajstić information content (AvgIpc) is 2.84. The van der Waals surface area contributed by atoms with Crippen LogP contribution in [0.15, 0.2) is 16.5 Å². The first-order chi connectivity index (χ1) is 7.20. The van der Waals surface area contributed by atoms with Gasteiger partial charge in [-0.25, -0.2) is 0 Å². The summed E-state index contributed by atoms with van der Waals surface area (Å²) in [5, 5.41) is 0. The van der Waals surface area contributed by atoms with Crippen LogP contribution in [0.5, 0.6) is 0 Å². The minimum Gasteiger partial charge on any atom is -0.456 e. The number of rotatable bonds is 2. The summed E-state index contributed by atoms with van der Waals surface area (Å²) in [6.45, 7) is 3.61. The molecular formula is C11H14BrNO2. The van der Waals surface area contributed by atoms with Crippen molar-refractivity contribution in [1.82, 2.24) is 4.90 Å². The van der Waals surface area contributed by atoms with Crippen molar-refractivity contribution in [2.45, 2.75) is 24.6 Å². The lowest BCUT2D eigenvalue weighted by atomic mass is 10.3. The van der Waals surface area contributed by atoms with Crippen molar-refractivity contribution in [2.75, 3.05) is 13.1 Å². The summed E-state index contributed by atoms with van der Waals surface area (Å²) in [6.07, 6.45) is 1.85. The van der Waals surface area contributed by atoms with E-state index in [1.807, 2.05) is 17.9 Å². The highest BCUT2D eigenvalue weighted by molar-refractivity contribution is 9.09. The third-order valence-electron chi connectivity index (χ3n) is 2.64. The lowest BCUT2D eigenvalue weighted by molar-refractivity contribution is 0.0760. The zero-order valence-electron chi connectivity index (χ0n) is 8.70. The van der Waals surface area contributed by atoms with Crippen molar-refractivity contribution in [3.05, 3.63) is 23.7 Å². The van der Waals surface area contributed by atoms with Gasteiger partial charge in [0, 0.05) is 24.3 Å². The predicted octanol–water partition coefficient (Wildman–Crippen LogP) is 2.45. The molecule has 0 spiro atoms. The molecule has 4 heteroatoms. The third kappa shape index (κ3) is 2.25. The van der Waals surface area contributed by atoms with E-state index < -0.39 is 0 Å². The molecule has 1 aromatic heterocycles. The van der Waals surface area contributed by atoms with Crippen LogP contribution in [-0.2, 0) is 6.42 Å². The summed E-state index contributed by atoms with van der Waals surface area (Å²) in [4.78, 5) is 14.2. The zero-order chi connectivity index (χ0) is 10.8. The van der Waals surface area contributed by atoms with Crippen molar-refractivity contribution in [1.29, 1.82) is 0 Å². The molecule has 3 nitrogen and oxygen atoms in total. The number of carbonyl (C=O) groups excluding carboxylic acids is 1. The van der Waals surface area contributed by atoms with Gasteiger partial charge in [0.1, 0.15) is 5.76 Å². The standard InChI is InChI=1S/C11H14BrNO2/c1-2-9-3-4-10(15-9)11(14)13-6-5-8(12)7-13/h3-4,8H,2,5-7H2,1H3. The topological polar surface area (TPSA) is 33.5 Å². The molecule has 1 unspecified atom stereocenters. The van der Waals surface area contributed by atoms with Gasteiger partial charge in [0.2, 0.25) is 0 Å². The number of halogens is 1. The predicted molar refractivity (Wildman–Crippen MR) is 61.3 cm³/mol. The Kier molecular flexibility index (Phi) is 3.14. The van der Waals surface area contributed by atoms with E-state index in [0.717, 1.165) is 31.7 Å². The molecule has 1 aromatic rings. The van der Waals surface area contributed by atoms with Crippen molar-refractivity contribution in [3.63, 3.8) is 0 Å². The largest absolute Gasteiger partial charge is 0.456 e. The van der Waals surface area contributed by atoms with Crippen LogP contribution in [0.3, 0.4) is 0 Å². The van der Waals surface area contributed by atoms with Crippen LogP contribution in [0, 0.1) is 0 Å². The van der Waals surface area contributed by atoms with Gasteiger partial charge in [-0.05, 0) is 18.6 Å². The molecule has 2 rings (SSSR count). The molecule has 1 aliphatic heterocycles. The smallest absolute Gasteiger partial charge is 0.289 e. The fraction of sp³-hybridized carbons (Fsp3) is 0.545. The van der Waals surface area contributed by atoms with Crippen LogP contribution < -0.4 is 0 Å². The van der Waals surface area contributed by atoms with E-state index in [9.17, 15) is 4.79 Å². The lowest BCUT2D eigenvalue weighted by Crippen LogP contribution is -2.28. The zero-order valence-corrected chi connectivity index (χ0v) is 10.3. The molecule has 15 heavy (non-hydrogen) atoms. The fourth-order valence-electron chi connectivity index (χ4n) is 1.74. The number of aryl methyl sites for hydroxylation is 1. The van der Waals surface area contributed by atoms with Gasteiger partial charge < -0.3 is 9.32 Å². The fourth-order valence-corrected chi connectivity index (χ4v) is 2.30. The molecule has 1 amide bonds. The highest BCUT2D eigenvalue weighted by atomic mass is 79.9. The molecule has 82 valence electrons. The number of hydrogen-bond acceptors (Lipinski definition) is 2. The molecular weight excluding hydrogens is 258 g/mol. The van der Waals surface area contributed by atoms with E-state index in [2.05, 4.69) is 15.9 Å². The molecule has 2 heterocycles. The van der Waals surface area contributed by atoms with Crippen molar-refractivity contribution in [3.8, 4) is 0 Å². The Morgan fingerprint density at radius 3 is 3.00 bits per heavy atom. The van der Waals surface area contributed by atoms with Crippen molar-refractivity contribution >= 4 is 21.8 Å². The molecule has 0 saturated carbocycles. The lowest BCUT2D eigenvalue weighted by Gasteiger charge is -2.13. The van der Waals surface area contributed by atoms with E-state index in [1.54, 1.807) is 6.07 Å². The summed E-state index contributed by atoms with van der Waals surface area (Å²) in [5.74, 6) is 1.35. The first-order valence-electron chi connectivity index (χ1n) is 5.22. The Morgan fingerprint density at radius 1 is 1.67 bits per heavy atom. The van der Waals surface area contributed by atoms with Gasteiger partial charge in [-0.3, -0.25) is 4.79 Å². The van der Waals surface area contributed by atoms with E-state index in [-0.39, 0.29) is 5.91 Å². The van der Waals surface area contributed by atoms with E-state index in [1.165, 1.54) is 0 Å². The van der Waals surface area contributed by atoms with Crippen molar-refractivity contribution in [2.24, 2.45) is 0 Å². The number of furan rings is 1. The van der Waals surface area contributed by atoms with E-state index in [0.29, 0.717) is 10.6 Å². The number of amides is 1. The van der Waals surface area contributed by atoms with Crippen LogP contribution in [0.25, 0.3) is 0 Å². The quantitative estimate of drug-likeness (QED) is 0.775. The average molecular weight is 272 g/mol. The number of alkyl halides is 1. The Morgan fingerprint density at radius 2 is 2.47 bits per heavy atom. The molecule has 1 saturated heterocycles. The van der Waals surface area contributed by atoms with Gasteiger partial charge in [0.15, 0.2) is 5.76 Å². The monoisotopic (exact) mass is 271 g/mol. The van der Waals surface area contributed by atoms with E-state index >= 15 is 0 Å². The second-order valence-electron chi connectivity index (χ2n) is 3.76. The van der Waals surface area contributed by atoms with Gasteiger partial charge in [0.05, 0.1) is 0 Å². The first-order valence-corrected chi connectivity index (χ1v) is 6.14.